The van der Waals surface area contributed by atoms with Crippen LogP contribution in [-0.2, 0) is 6.54 Å². The molecule has 2 unspecified atom stereocenters. The van der Waals surface area contributed by atoms with Crippen molar-refractivity contribution >= 4 is 0 Å². The first kappa shape index (κ1) is 16.6. The molecule has 1 aromatic rings. The summed E-state index contributed by atoms with van der Waals surface area (Å²) in [4.78, 5) is 5.49. The summed E-state index contributed by atoms with van der Waals surface area (Å²) < 4.78 is 0. The number of benzene rings is 1. The molecule has 0 radical (unpaired) electrons. The van der Waals surface area contributed by atoms with E-state index < -0.39 is 0 Å². The Balaban J connectivity index is 1.31. The van der Waals surface area contributed by atoms with E-state index in [1.807, 2.05) is 0 Å². The topological polar surface area (TPSA) is 18.5 Å². The molecule has 3 fully saturated rings. The fourth-order valence-corrected chi connectivity index (χ4v) is 5.25. The molecule has 3 saturated heterocycles. The highest BCUT2D eigenvalue weighted by Gasteiger charge is 2.41. The predicted octanol–water partition coefficient (Wildman–Crippen LogP) is 2.97. The average molecular weight is 328 g/mol. The van der Waals surface area contributed by atoms with Crippen molar-refractivity contribution in [3.8, 4) is 0 Å². The Morgan fingerprint density at radius 3 is 2.71 bits per heavy atom. The van der Waals surface area contributed by atoms with Gasteiger partial charge in [0.2, 0.25) is 0 Å². The van der Waals surface area contributed by atoms with Crippen molar-refractivity contribution < 1.29 is 0 Å². The van der Waals surface area contributed by atoms with Crippen molar-refractivity contribution in [3.05, 3.63) is 35.9 Å². The zero-order valence-electron chi connectivity index (χ0n) is 15.1. The van der Waals surface area contributed by atoms with Crippen molar-refractivity contribution in [3.63, 3.8) is 0 Å². The Kier molecular flexibility index (Phi) is 5.21. The van der Waals surface area contributed by atoms with E-state index in [2.05, 4.69) is 45.4 Å². The number of nitrogens with one attached hydrogen (secondary N) is 1. The maximum atomic E-state index is 3.58. The van der Waals surface area contributed by atoms with Gasteiger partial charge in [-0.1, -0.05) is 30.3 Å². The van der Waals surface area contributed by atoms with Gasteiger partial charge in [0, 0.05) is 26.2 Å². The fourth-order valence-electron chi connectivity index (χ4n) is 5.25. The molecule has 24 heavy (non-hydrogen) atoms. The van der Waals surface area contributed by atoms with Gasteiger partial charge in [0.1, 0.15) is 0 Å². The van der Waals surface area contributed by atoms with Crippen molar-refractivity contribution in [2.45, 2.75) is 38.6 Å². The van der Waals surface area contributed by atoms with Gasteiger partial charge in [0.05, 0.1) is 0 Å². The Morgan fingerprint density at radius 1 is 1.00 bits per heavy atom. The van der Waals surface area contributed by atoms with Crippen molar-refractivity contribution in [2.75, 3.05) is 45.8 Å². The number of rotatable bonds is 4. The third-order valence-corrected chi connectivity index (χ3v) is 6.42. The van der Waals surface area contributed by atoms with Gasteiger partial charge in [0.25, 0.3) is 0 Å². The largest absolute Gasteiger partial charge is 0.316 e. The standard InChI is InChI=1S/C21H33N3/c1-2-6-19(7-3-1)15-23-12-5-9-21(17-23)10-13-24(18-21)16-20-8-4-11-22-14-20/h1-3,6-7,20,22H,4-5,8-18H2. The molecular formula is C21H33N3. The van der Waals surface area contributed by atoms with Gasteiger partial charge in [-0.05, 0) is 75.2 Å². The number of likely N-dealkylation sites (tertiary alicyclic amines) is 2. The average Bonchev–Trinajstić information content (AvgIpc) is 2.98. The first-order valence-electron chi connectivity index (χ1n) is 10.0. The lowest BCUT2D eigenvalue weighted by Gasteiger charge is -2.41. The summed E-state index contributed by atoms with van der Waals surface area (Å²) in [7, 11) is 0. The first-order chi connectivity index (χ1) is 11.8. The molecule has 4 rings (SSSR count). The summed E-state index contributed by atoms with van der Waals surface area (Å²) >= 11 is 0. The predicted molar refractivity (Wildman–Crippen MR) is 100 cm³/mol. The lowest BCUT2D eigenvalue weighted by atomic mass is 9.79. The van der Waals surface area contributed by atoms with Crippen LogP contribution in [-0.4, -0.2) is 55.6 Å². The first-order valence-corrected chi connectivity index (χ1v) is 10.0. The normalized spacial score (nSPS) is 32.4. The second-order valence-corrected chi connectivity index (χ2v) is 8.50. The molecule has 2 atom stereocenters. The van der Waals surface area contributed by atoms with Crippen LogP contribution in [0.3, 0.4) is 0 Å². The van der Waals surface area contributed by atoms with Crippen molar-refractivity contribution in [2.24, 2.45) is 11.3 Å². The number of hydrogen-bond donors (Lipinski definition) is 1. The number of nitrogens with zero attached hydrogens (tertiary/aromatic N) is 2. The smallest absolute Gasteiger partial charge is 0.0233 e. The highest BCUT2D eigenvalue weighted by atomic mass is 15.2. The van der Waals surface area contributed by atoms with Crippen LogP contribution in [0.5, 0.6) is 0 Å². The van der Waals surface area contributed by atoms with E-state index in [4.69, 9.17) is 0 Å². The van der Waals surface area contributed by atoms with E-state index in [0.717, 1.165) is 12.5 Å². The van der Waals surface area contributed by atoms with Gasteiger partial charge in [0.15, 0.2) is 0 Å². The summed E-state index contributed by atoms with van der Waals surface area (Å²) in [5.74, 6) is 0.887. The van der Waals surface area contributed by atoms with Crippen LogP contribution in [0.15, 0.2) is 30.3 Å². The van der Waals surface area contributed by atoms with E-state index in [0.29, 0.717) is 5.41 Å². The van der Waals surface area contributed by atoms with Crippen LogP contribution >= 0.6 is 0 Å². The molecule has 0 aliphatic carbocycles. The highest BCUT2D eigenvalue weighted by Crippen LogP contribution is 2.39. The zero-order valence-corrected chi connectivity index (χ0v) is 15.1. The van der Waals surface area contributed by atoms with Gasteiger partial charge in [-0.25, -0.2) is 0 Å². The Labute approximate surface area is 147 Å². The van der Waals surface area contributed by atoms with Crippen LogP contribution in [0.1, 0.15) is 37.7 Å². The molecule has 1 aromatic carbocycles. The monoisotopic (exact) mass is 327 g/mol. The van der Waals surface area contributed by atoms with E-state index in [9.17, 15) is 0 Å². The lowest BCUT2D eigenvalue weighted by molar-refractivity contribution is 0.0847. The Bertz CT molecular complexity index is 511. The molecular weight excluding hydrogens is 294 g/mol. The molecule has 0 aromatic heterocycles. The molecule has 3 heteroatoms. The lowest BCUT2D eigenvalue weighted by Crippen LogP contribution is -2.45. The number of piperidine rings is 2. The Hall–Kier alpha value is -0.900. The minimum Gasteiger partial charge on any atom is -0.316 e. The maximum Gasteiger partial charge on any atom is 0.0233 e. The summed E-state index contributed by atoms with van der Waals surface area (Å²) in [5.41, 5.74) is 2.05. The summed E-state index contributed by atoms with van der Waals surface area (Å²) in [6.45, 7) is 10.2. The third-order valence-electron chi connectivity index (χ3n) is 6.42. The van der Waals surface area contributed by atoms with E-state index in [1.54, 1.807) is 0 Å². The van der Waals surface area contributed by atoms with E-state index in [1.165, 1.54) is 83.5 Å². The molecule has 3 heterocycles. The van der Waals surface area contributed by atoms with Gasteiger partial charge < -0.3 is 10.2 Å². The molecule has 1 N–H and O–H groups in total. The minimum atomic E-state index is 0.578. The summed E-state index contributed by atoms with van der Waals surface area (Å²) in [5, 5.41) is 3.58. The van der Waals surface area contributed by atoms with E-state index >= 15 is 0 Å². The summed E-state index contributed by atoms with van der Waals surface area (Å²) in [6.07, 6.45) is 7.03. The van der Waals surface area contributed by atoms with Crippen LogP contribution < -0.4 is 5.32 Å². The quantitative estimate of drug-likeness (QED) is 0.917. The molecule has 0 bridgehead atoms. The minimum absolute atomic E-state index is 0.578. The zero-order chi connectivity index (χ0) is 16.2. The molecule has 3 aliphatic rings. The summed E-state index contributed by atoms with van der Waals surface area (Å²) in [6, 6.07) is 11.0. The van der Waals surface area contributed by atoms with Crippen LogP contribution in [0.25, 0.3) is 0 Å². The van der Waals surface area contributed by atoms with E-state index in [-0.39, 0.29) is 0 Å². The van der Waals surface area contributed by atoms with Crippen molar-refractivity contribution in [1.82, 2.24) is 15.1 Å². The van der Waals surface area contributed by atoms with Gasteiger partial charge >= 0.3 is 0 Å². The van der Waals surface area contributed by atoms with Gasteiger partial charge in [-0.3, -0.25) is 4.90 Å². The molecule has 0 saturated carbocycles. The van der Waals surface area contributed by atoms with Crippen LogP contribution in [0, 0.1) is 11.3 Å². The number of hydrogen-bond acceptors (Lipinski definition) is 3. The second kappa shape index (κ2) is 7.55. The molecule has 132 valence electrons. The molecule has 1 spiro atoms. The Morgan fingerprint density at radius 2 is 1.88 bits per heavy atom. The van der Waals surface area contributed by atoms with Crippen LogP contribution in [0.4, 0.5) is 0 Å². The fraction of sp³-hybridized carbons (Fsp3) is 0.714. The maximum absolute atomic E-state index is 3.58. The SMILES string of the molecule is c1ccc(CN2CCCC3(CCN(CC4CCCNC4)C3)C2)cc1. The second-order valence-electron chi connectivity index (χ2n) is 8.50. The highest BCUT2D eigenvalue weighted by molar-refractivity contribution is 5.14. The molecule has 3 nitrogen and oxygen atoms in total. The van der Waals surface area contributed by atoms with Crippen LogP contribution in [0.2, 0.25) is 0 Å². The molecule has 0 amide bonds. The van der Waals surface area contributed by atoms with Gasteiger partial charge in [-0.2, -0.15) is 0 Å². The third kappa shape index (κ3) is 4.01. The van der Waals surface area contributed by atoms with Gasteiger partial charge in [-0.15, -0.1) is 0 Å². The molecule has 3 aliphatic heterocycles. The van der Waals surface area contributed by atoms with Crippen molar-refractivity contribution in [1.29, 1.82) is 0 Å².